The Labute approximate surface area is 184 Å². The minimum atomic E-state index is -0.205. The van der Waals surface area contributed by atoms with Gasteiger partial charge in [-0.25, -0.2) is 4.98 Å². The van der Waals surface area contributed by atoms with E-state index in [4.69, 9.17) is 11.6 Å². The molecule has 30 heavy (non-hydrogen) atoms. The highest BCUT2D eigenvalue weighted by Gasteiger charge is 2.20. The van der Waals surface area contributed by atoms with Crippen molar-refractivity contribution in [1.82, 2.24) is 10.3 Å². The number of nitrogens with zero attached hydrogens (tertiary/aromatic N) is 1. The maximum absolute atomic E-state index is 12.7. The van der Waals surface area contributed by atoms with E-state index in [0.29, 0.717) is 22.0 Å². The molecule has 2 amide bonds. The molecule has 1 aliphatic carbocycles. The molecule has 0 radical (unpaired) electrons. The van der Waals surface area contributed by atoms with Crippen molar-refractivity contribution < 1.29 is 9.59 Å². The molecule has 4 rings (SSSR count). The summed E-state index contributed by atoms with van der Waals surface area (Å²) in [6, 6.07) is 14.8. The van der Waals surface area contributed by atoms with E-state index in [1.807, 2.05) is 35.7 Å². The average molecular weight is 440 g/mol. The standard InChI is InChI=1S/C23H22ClN3O2S/c24-16-11-9-15(10-12-16)23-26-18(14-30-23)13-21(28)27-20-8-4-3-7-19(20)22(29)25-17-5-1-2-6-17/h3-4,7-12,14,17H,1-2,5-6,13H2,(H,25,29)(H,27,28). The third-order valence-corrected chi connectivity index (χ3v) is 6.31. The number of aromatic nitrogens is 1. The van der Waals surface area contributed by atoms with E-state index < -0.39 is 0 Å². The molecule has 1 fully saturated rings. The molecule has 0 spiro atoms. The van der Waals surface area contributed by atoms with Crippen LogP contribution < -0.4 is 10.6 Å². The van der Waals surface area contributed by atoms with Crippen molar-refractivity contribution in [1.29, 1.82) is 0 Å². The van der Waals surface area contributed by atoms with Crippen LogP contribution in [0, 0.1) is 0 Å². The van der Waals surface area contributed by atoms with E-state index in [1.165, 1.54) is 11.3 Å². The van der Waals surface area contributed by atoms with Crippen LogP contribution in [0.3, 0.4) is 0 Å². The largest absolute Gasteiger partial charge is 0.349 e. The number of carbonyl (C=O) groups is 2. The molecule has 0 unspecified atom stereocenters. The number of benzene rings is 2. The first-order chi connectivity index (χ1) is 14.6. The van der Waals surface area contributed by atoms with Gasteiger partial charge in [0.15, 0.2) is 0 Å². The predicted molar refractivity (Wildman–Crippen MR) is 121 cm³/mol. The molecule has 0 saturated heterocycles. The first-order valence-corrected chi connectivity index (χ1v) is 11.2. The normalized spacial score (nSPS) is 13.9. The van der Waals surface area contributed by atoms with Gasteiger partial charge in [0.25, 0.3) is 5.91 Å². The van der Waals surface area contributed by atoms with Crippen molar-refractivity contribution in [3.8, 4) is 10.6 Å². The van der Waals surface area contributed by atoms with Crippen LogP contribution >= 0.6 is 22.9 Å². The highest BCUT2D eigenvalue weighted by molar-refractivity contribution is 7.13. The summed E-state index contributed by atoms with van der Waals surface area (Å²) in [6.45, 7) is 0. The lowest BCUT2D eigenvalue weighted by molar-refractivity contribution is -0.115. The number of halogens is 1. The average Bonchev–Trinajstić information content (AvgIpc) is 3.41. The van der Waals surface area contributed by atoms with Crippen LogP contribution in [0.5, 0.6) is 0 Å². The van der Waals surface area contributed by atoms with Crippen molar-refractivity contribution in [2.45, 2.75) is 38.1 Å². The van der Waals surface area contributed by atoms with Crippen LogP contribution in [0.2, 0.25) is 5.02 Å². The van der Waals surface area contributed by atoms with Gasteiger partial charge in [-0.2, -0.15) is 0 Å². The molecule has 2 aromatic carbocycles. The number of nitrogens with one attached hydrogen (secondary N) is 2. The lowest BCUT2D eigenvalue weighted by Gasteiger charge is -2.14. The number of anilines is 1. The number of hydrogen-bond acceptors (Lipinski definition) is 4. The summed E-state index contributed by atoms with van der Waals surface area (Å²) in [5.74, 6) is -0.347. The minimum Gasteiger partial charge on any atom is -0.349 e. The summed E-state index contributed by atoms with van der Waals surface area (Å²) in [4.78, 5) is 29.8. The lowest BCUT2D eigenvalue weighted by Crippen LogP contribution is -2.33. The van der Waals surface area contributed by atoms with E-state index >= 15 is 0 Å². The molecule has 0 atom stereocenters. The Hall–Kier alpha value is -2.70. The zero-order valence-corrected chi connectivity index (χ0v) is 17.9. The first-order valence-electron chi connectivity index (χ1n) is 9.98. The number of carbonyl (C=O) groups excluding carboxylic acids is 2. The Bertz CT molecular complexity index is 1040. The smallest absolute Gasteiger partial charge is 0.253 e. The molecule has 2 N–H and O–H groups in total. The van der Waals surface area contributed by atoms with Gasteiger partial charge in [-0.3, -0.25) is 9.59 Å². The fraction of sp³-hybridized carbons (Fsp3) is 0.261. The minimum absolute atomic E-state index is 0.142. The number of hydrogen-bond donors (Lipinski definition) is 2. The Morgan fingerprint density at radius 2 is 1.80 bits per heavy atom. The van der Waals surface area contributed by atoms with Crippen LogP contribution in [0.4, 0.5) is 5.69 Å². The zero-order valence-electron chi connectivity index (χ0n) is 16.4. The molecule has 7 heteroatoms. The fourth-order valence-corrected chi connectivity index (χ4v) is 4.55. The van der Waals surface area contributed by atoms with Crippen LogP contribution in [0.15, 0.2) is 53.9 Å². The van der Waals surface area contributed by atoms with Gasteiger partial charge in [0.05, 0.1) is 23.4 Å². The summed E-state index contributed by atoms with van der Waals surface area (Å²) in [5, 5.41) is 9.33. The molecular formula is C23H22ClN3O2S. The Morgan fingerprint density at radius 1 is 1.07 bits per heavy atom. The monoisotopic (exact) mass is 439 g/mol. The van der Waals surface area contributed by atoms with Crippen LogP contribution in [0.25, 0.3) is 10.6 Å². The summed E-state index contributed by atoms with van der Waals surface area (Å²) in [5.41, 5.74) is 2.66. The van der Waals surface area contributed by atoms with Crippen LogP contribution in [-0.2, 0) is 11.2 Å². The number of para-hydroxylation sites is 1. The zero-order chi connectivity index (χ0) is 20.9. The Morgan fingerprint density at radius 3 is 2.57 bits per heavy atom. The second-order valence-corrected chi connectivity index (χ2v) is 8.67. The van der Waals surface area contributed by atoms with Gasteiger partial charge in [-0.1, -0.05) is 48.7 Å². The molecule has 0 aliphatic heterocycles. The molecular weight excluding hydrogens is 418 g/mol. The van der Waals surface area contributed by atoms with Crippen molar-refractivity contribution in [2.24, 2.45) is 0 Å². The number of rotatable bonds is 6. The van der Waals surface area contributed by atoms with Crippen molar-refractivity contribution in [3.05, 3.63) is 70.2 Å². The van der Waals surface area contributed by atoms with Gasteiger partial charge in [-0.15, -0.1) is 11.3 Å². The Kier molecular flexibility index (Phi) is 6.45. The topological polar surface area (TPSA) is 71.1 Å². The molecule has 1 saturated carbocycles. The van der Waals surface area contributed by atoms with Gasteiger partial charge in [0, 0.05) is 22.0 Å². The second kappa shape index (κ2) is 9.41. The quantitative estimate of drug-likeness (QED) is 0.546. The van der Waals surface area contributed by atoms with E-state index in [9.17, 15) is 9.59 Å². The highest BCUT2D eigenvalue weighted by Crippen LogP contribution is 2.26. The third-order valence-electron chi connectivity index (χ3n) is 5.12. The summed E-state index contributed by atoms with van der Waals surface area (Å²) in [7, 11) is 0. The lowest BCUT2D eigenvalue weighted by atomic mass is 10.1. The molecule has 1 heterocycles. The van der Waals surface area contributed by atoms with Crippen molar-refractivity contribution in [3.63, 3.8) is 0 Å². The maximum Gasteiger partial charge on any atom is 0.253 e. The number of amides is 2. The second-order valence-electron chi connectivity index (χ2n) is 7.38. The van der Waals surface area contributed by atoms with Gasteiger partial charge >= 0.3 is 0 Å². The van der Waals surface area contributed by atoms with Crippen LogP contribution in [-0.4, -0.2) is 22.8 Å². The SMILES string of the molecule is O=C(Cc1csc(-c2ccc(Cl)cc2)n1)Nc1ccccc1C(=O)NC1CCCC1. The first kappa shape index (κ1) is 20.6. The van der Waals surface area contributed by atoms with Gasteiger partial charge < -0.3 is 10.6 Å². The van der Waals surface area contributed by atoms with E-state index in [2.05, 4.69) is 15.6 Å². The third kappa shape index (κ3) is 5.07. The summed E-state index contributed by atoms with van der Waals surface area (Å²) < 4.78 is 0. The Balaban J connectivity index is 1.41. The number of thiazole rings is 1. The van der Waals surface area contributed by atoms with Gasteiger partial charge in [0.1, 0.15) is 5.01 Å². The van der Waals surface area contributed by atoms with Crippen molar-refractivity contribution in [2.75, 3.05) is 5.32 Å². The van der Waals surface area contributed by atoms with E-state index in [-0.39, 0.29) is 24.3 Å². The molecule has 3 aromatic rings. The molecule has 1 aliphatic rings. The summed E-state index contributed by atoms with van der Waals surface area (Å²) in [6.07, 6.45) is 4.46. The van der Waals surface area contributed by atoms with Gasteiger partial charge in [0.2, 0.25) is 5.91 Å². The van der Waals surface area contributed by atoms with E-state index in [0.717, 1.165) is 36.3 Å². The van der Waals surface area contributed by atoms with Crippen molar-refractivity contribution >= 4 is 40.4 Å². The summed E-state index contributed by atoms with van der Waals surface area (Å²) >= 11 is 7.42. The highest BCUT2D eigenvalue weighted by atomic mass is 35.5. The fourth-order valence-electron chi connectivity index (χ4n) is 3.60. The van der Waals surface area contributed by atoms with Gasteiger partial charge in [-0.05, 0) is 37.1 Å². The van der Waals surface area contributed by atoms with E-state index in [1.54, 1.807) is 18.2 Å². The molecule has 1 aromatic heterocycles. The predicted octanol–water partition coefficient (Wildman–Crippen LogP) is 5.32. The molecule has 154 valence electrons. The molecule has 5 nitrogen and oxygen atoms in total. The van der Waals surface area contributed by atoms with Crippen LogP contribution in [0.1, 0.15) is 41.7 Å². The maximum atomic E-state index is 12.7. The molecule has 0 bridgehead atoms.